The maximum atomic E-state index is 13.4. The Morgan fingerprint density at radius 2 is 1.69 bits per heavy atom. The van der Waals surface area contributed by atoms with Gasteiger partial charge in [0, 0.05) is 31.2 Å². The molecule has 0 amide bonds. The average Bonchev–Trinajstić information content (AvgIpc) is 2.63. The third kappa shape index (κ3) is 2.97. The summed E-state index contributed by atoms with van der Waals surface area (Å²) in [5.74, 6) is 0.667. The van der Waals surface area contributed by atoms with Gasteiger partial charge in [-0.2, -0.15) is 0 Å². The van der Waals surface area contributed by atoms with E-state index in [0.717, 1.165) is 43.1 Å². The maximum Gasteiger partial charge on any atom is 0.268 e. The molecular weight excluding hydrogens is 348 g/mol. The Morgan fingerprint density at radius 3 is 2.38 bits per heavy atom. The molecular formula is C20H21ClN4O. The fraction of sp³-hybridized carbons (Fsp3) is 0.300. The van der Waals surface area contributed by atoms with Crippen LogP contribution in [0, 0.1) is 6.92 Å². The van der Waals surface area contributed by atoms with Gasteiger partial charge in [-0.25, -0.2) is 4.98 Å². The Hall–Kier alpha value is -2.37. The topological polar surface area (TPSA) is 41.4 Å². The number of rotatable bonds is 2. The van der Waals surface area contributed by atoms with E-state index in [-0.39, 0.29) is 5.56 Å². The number of hydrogen-bond donors (Lipinski definition) is 0. The summed E-state index contributed by atoms with van der Waals surface area (Å²) >= 11 is 6.00. The van der Waals surface area contributed by atoms with Crippen LogP contribution in [-0.2, 0) is 0 Å². The first-order valence-electron chi connectivity index (χ1n) is 8.76. The van der Waals surface area contributed by atoms with Crippen LogP contribution in [0.25, 0.3) is 16.6 Å². The average molecular weight is 369 g/mol. The van der Waals surface area contributed by atoms with E-state index in [2.05, 4.69) is 16.8 Å². The van der Waals surface area contributed by atoms with Crippen LogP contribution < -0.4 is 10.5 Å². The van der Waals surface area contributed by atoms with Crippen LogP contribution in [0.4, 0.5) is 5.69 Å². The lowest BCUT2D eigenvalue weighted by Gasteiger charge is -2.34. The van der Waals surface area contributed by atoms with Crippen LogP contribution in [-0.4, -0.2) is 47.7 Å². The second-order valence-electron chi connectivity index (χ2n) is 6.74. The van der Waals surface area contributed by atoms with Crippen LogP contribution in [0.15, 0.2) is 47.3 Å². The second kappa shape index (κ2) is 6.74. The van der Waals surface area contributed by atoms with E-state index >= 15 is 0 Å². The molecule has 0 atom stereocenters. The van der Waals surface area contributed by atoms with E-state index in [1.807, 2.05) is 37.3 Å². The van der Waals surface area contributed by atoms with Gasteiger partial charge >= 0.3 is 0 Å². The third-order valence-electron chi connectivity index (χ3n) is 4.97. The molecule has 2 heterocycles. The molecule has 2 aromatic carbocycles. The molecule has 1 aromatic heterocycles. The number of fused-ring (bicyclic) bond motifs is 1. The lowest BCUT2D eigenvalue weighted by molar-refractivity contribution is 0.313. The first-order valence-corrected chi connectivity index (χ1v) is 9.14. The largest absolute Gasteiger partial charge is 0.368 e. The molecule has 1 fully saturated rings. The number of anilines is 1. The van der Waals surface area contributed by atoms with Gasteiger partial charge in [-0.3, -0.25) is 9.36 Å². The molecule has 4 rings (SSSR count). The van der Waals surface area contributed by atoms with Crippen LogP contribution >= 0.6 is 11.6 Å². The number of nitrogens with zero attached hydrogens (tertiary/aromatic N) is 4. The van der Waals surface area contributed by atoms with Crippen molar-refractivity contribution in [1.29, 1.82) is 0 Å². The summed E-state index contributed by atoms with van der Waals surface area (Å²) in [7, 11) is 2.12. The smallest absolute Gasteiger partial charge is 0.268 e. The molecule has 0 aliphatic carbocycles. The zero-order chi connectivity index (χ0) is 18.3. The highest BCUT2D eigenvalue weighted by Crippen LogP contribution is 2.25. The molecule has 6 heteroatoms. The van der Waals surface area contributed by atoms with E-state index in [4.69, 9.17) is 16.6 Å². The summed E-state index contributed by atoms with van der Waals surface area (Å²) in [5.41, 5.74) is 2.45. The van der Waals surface area contributed by atoms with Crippen molar-refractivity contribution in [1.82, 2.24) is 14.5 Å². The first-order chi connectivity index (χ1) is 12.5. The summed E-state index contributed by atoms with van der Waals surface area (Å²) in [5, 5.41) is 1.32. The highest BCUT2D eigenvalue weighted by molar-refractivity contribution is 6.30. The standard InChI is InChI=1S/C20H21ClN4O/c1-14-22-17-4-3-5-18(24-12-10-23(2)11-13-24)19(17)20(26)25(14)16-8-6-15(21)7-9-16/h3-9H,10-13H2,1-2H3. The van der Waals surface area contributed by atoms with Gasteiger partial charge in [-0.05, 0) is 50.4 Å². The van der Waals surface area contributed by atoms with Crippen LogP contribution in [0.3, 0.4) is 0 Å². The van der Waals surface area contributed by atoms with E-state index in [1.165, 1.54) is 0 Å². The molecule has 0 spiro atoms. The van der Waals surface area contributed by atoms with Crippen molar-refractivity contribution in [3.05, 3.63) is 63.7 Å². The molecule has 5 nitrogen and oxygen atoms in total. The van der Waals surface area contributed by atoms with Crippen molar-refractivity contribution in [2.75, 3.05) is 38.1 Å². The molecule has 1 saturated heterocycles. The van der Waals surface area contributed by atoms with Gasteiger partial charge < -0.3 is 9.80 Å². The van der Waals surface area contributed by atoms with E-state index in [1.54, 1.807) is 16.7 Å². The SMILES string of the molecule is Cc1nc2cccc(N3CCN(C)CC3)c2c(=O)n1-c1ccc(Cl)cc1. The van der Waals surface area contributed by atoms with Crippen LogP contribution in [0.5, 0.6) is 0 Å². The third-order valence-corrected chi connectivity index (χ3v) is 5.22. The molecule has 0 saturated carbocycles. The second-order valence-corrected chi connectivity index (χ2v) is 7.17. The predicted molar refractivity (Wildman–Crippen MR) is 107 cm³/mol. The minimum Gasteiger partial charge on any atom is -0.368 e. The van der Waals surface area contributed by atoms with Gasteiger partial charge in [-0.15, -0.1) is 0 Å². The number of hydrogen-bond acceptors (Lipinski definition) is 4. The minimum absolute atomic E-state index is 0.0376. The summed E-state index contributed by atoms with van der Waals surface area (Å²) in [6.45, 7) is 5.65. The Labute approximate surface area is 157 Å². The van der Waals surface area contributed by atoms with Crippen molar-refractivity contribution in [3.63, 3.8) is 0 Å². The molecule has 0 unspecified atom stereocenters. The van der Waals surface area contributed by atoms with Gasteiger partial charge in [0.15, 0.2) is 0 Å². The molecule has 1 aliphatic heterocycles. The van der Waals surface area contributed by atoms with Crippen molar-refractivity contribution in [2.24, 2.45) is 0 Å². The molecule has 3 aromatic rings. The van der Waals surface area contributed by atoms with Crippen LogP contribution in [0.1, 0.15) is 5.82 Å². The van der Waals surface area contributed by atoms with Gasteiger partial charge in [0.1, 0.15) is 5.82 Å². The zero-order valence-electron chi connectivity index (χ0n) is 14.9. The normalized spacial score (nSPS) is 15.6. The summed E-state index contributed by atoms with van der Waals surface area (Å²) in [6.07, 6.45) is 0. The molecule has 1 aliphatic rings. The summed E-state index contributed by atoms with van der Waals surface area (Å²) in [6, 6.07) is 13.2. The van der Waals surface area contributed by atoms with Crippen molar-refractivity contribution in [3.8, 4) is 5.69 Å². The molecule has 26 heavy (non-hydrogen) atoms. The van der Waals surface area contributed by atoms with Crippen molar-refractivity contribution < 1.29 is 0 Å². The van der Waals surface area contributed by atoms with E-state index < -0.39 is 0 Å². The Kier molecular flexibility index (Phi) is 4.42. The number of aromatic nitrogens is 2. The summed E-state index contributed by atoms with van der Waals surface area (Å²) in [4.78, 5) is 22.7. The van der Waals surface area contributed by atoms with Crippen LogP contribution in [0.2, 0.25) is 5.02 Å². The van der Waals surface area contributed by atoms with Crippen molar-refractivity contribution in [2.45, 2.75) is 6.92 Å². The molecule has 134 valence electrons. The minimum atomic E-state index is -0.0376. The molecule has 0 bridgehead atoms. The van der Waals surface area contributed by atoms with Crippen molar-refractivity contribution >= 4 is 28.2 Å². The summed E-state index contributed by atoms with van der Waals surface area (Å²) < 4.78 is 1.66. The van der Waals surface area contributed by atoms with Gasteiger partial charge in [-0.1, -0.05) is 17.7 Å². The van der Waals surface area contributed by atoms with E-state index in [9.17, 15) is 4.79 Å². The first kappa shape index (κ1) is 17.1. The Morgan fingerprint density at radius 1 is 1.00 bits per heavy atom. The Bertz CT molecular complexity index is 1000. The quantitative estimate of drug-likeness (QED) is 0.697. The highest BCUT2D eigenvalue weighted by Gasteiger charge is 2.20. The number of halogens is 1. The maximum absolute atomic E-state index is 13.4. The highest BCUT2D eigenvalue weighted by atomic mass is 35.5. The van der Waals surface area contributed by atoms with Gasteiger partial charge in [0.2, 0.25) is 0 Å². The van der Waals surface area contributed by atoms with Gasteiger partial charge in [0.25, 0.3) is 5.56 Å². The number of benzene rings is 2. The van der Waals surface area contributed by atoms with Gasteiger partial charge in [0.05, 0.1) is 22.3 Å². The van der Waals surface area contributed by atoms with E-state index in [0.29, 0.717) is 16.2 Å². The predicted octanol–water partition coefficient (Wildman–Crippen LogP) is 3.10. The fourth-order valence-electron chi connectivity index (χ4n) is 3.53. The zero-order valence-corrected chi connectivity index (χ0v) is 15.7. The Balaban J connectivity index is 1.91. The lowest BCUT2D eigenvalue weighted by Crippen LogP contribution is -2.45. The fourth-order valence-corrected chi connectivity index (χ4v) is 3.65. The molecule has 0 N–H and O–H groups in total. The molecule has 0 radical (unpaired) electrons. The number of aryl methyl sites for hydroxylation is 1. The number of likely N-dealkylation sites (N-methyl/N-ethyl adjacent to an activating group) is 1. The number of piperazine rings is 1. The monoisotopic (exact) mass is 368 g/mol. The lowest BCUT2D eigenvalue weighted by atomic mass is 10.1.